The number of nitro benzene ring substituents is 1. The predicted octanol–water partition coefficient (Wildman–Crippen LogP) is 4.83. The Bertz CT molecular complexity index is 1310. The molecule has 0 unspecified atom stereocenters. The van der Waals surface area contributed by atoms with Crippen LogP contribution >= 0.6 is 23.2 Å². The lowest BCUT2D eigenvalue weighted by Gasteiger charge is -2.26. The lowest BCUT2D eigenvalue weighted by atomic mass is 10.1. The first-order chi connectivity index (χ1) is 15.2. The number of nitro groups is 1. The first-order valence-electron chi connectivity index (χ1n) is 8.96. The van der Waals surface area contributed by atoms with E-state index in [-0.39, 0.29) is 22.7 Å². The average molecular weight is 472 g/mol. The predicted molar refractivity (Wildman–Crippen MR) is 116 cm³/mol. The molecule has 0 saturated carbocycles. The zero-order chi connectivity index (χ0) is 23.0. The van der Waals surface area contributed by atoms with Crippen LogP contribution in [0.25, 0.3) is 17.4 Å². The Hall–Kier alpha value is -3.95. The summed E-state index contributed by atoms with van der Waals surface area (Å²) in [4.78, 5) is 48.4. The van der Waals surface area contributed by atoms with Crippen molar-refractivity contribution in [1.29, 1.82) is 0 Å². The Kier molecular flexibility index (Phi) is 5.52. The van der Waals surface area contributed by atoms with Crippen LogP contribution in [0.4, 0.5) is 16.2 Å². The van der Waals surface area contributed by atoms with Crippen LogP contribution in [0.1, 0.15) is 5.76 Å². The van der Waals surface area contributed by atoms with Crippen LogP contribution in [0, 0.1) is 10.1 Å². The van der Waals surface area contributed by atoms with E-state index in [1.165, 1.54) is 24.3 Å². The van der Waals surface area contributed by atoms with Gasteiger partial charge in [0.05, 0.1) is 15.6 Å². The summed E-state index contributed by atoms with van der Waals surface area (Å²) in [6, 6.07) is 11.7. The second-order valence-electron chi connectivity index (χ2n) is 6.56. The van der Waals surface area contributed by atoms with Crippen LogP contribution < -0.4 is 10.2 Å². The van der Waals surface area contributed by atoms with Gasteiger partial charge in [-0.2, -0.15) is 0 Å². The smallest absolute Gasteiger partial charge is 0.335 e. The van der Waals surface area contributed by atoms with Crippen LogP contribution in [0.3, 0.4) is 0 Å². The lowest BCUT2D eigenvalue weighted by molar-refractivity contribution is -0.384. The Morgan fingerprint density at radius 1 is 1.00 bits per heavy atom. The first-order valence-corrected chi connectivity index (χ1v) is 9.71. The van der Waals surface area contributed by atoms with Gasteiger partial charge in [0.2, 0.25) is 0 Å². The SMILES string of the molecule is O=C1NC(=O)N(c2ccc([N+](=O)[O-])cc2)C(=O)/C1=C\c1ccc(-c2cc(Cl)ccc2Cl)o1. The molecule has 3 aromatic rings. The van der Waals surface area contributed by atoms with Crippen molar-refractivity contribution in [3.05, 3.63) is 86.1 Å². The van der Waals surface area contributed by atoms with Crippen molar-refractivity contribution in [2.24, 2.45) is 0 Å². The molecule has 0 radical (unpaired) electrons. The minimum atomic E-state index is -0.975. The van der Waals surface area contributed by atoms with Crippen LogP contribution in [-0.2, 0) is 9.59 Å². The number of furan rings is 1. The minimum Gasteiger partial charge on any atom is -0.457 e. The van der Waals surface area contributed by atoms with Gasteiger partial charge in [-0.05, 0) is 48.5 Å². The number of halogens is 2. The van der Waals surface area contributed by atoms with Crippen LogP contribution in [0.5, 0.6) is 0 Å². The third kappa shape index (κ3) is 3.98. The van der Waals surface area contributed by atoms with E-state index in [9.17, 15) is 24.5 Å². The van der Waals surface area contributed by atoms with Crippen LogP contribution in [-0.4, -0.2) is 22.8 Å². The number of imide groups is 2. The number of nitrogens with zero attached hydrogens (tertiary/aromatic N) is 2. The van der Waals surface area contributed by atoms with Gasteiger partial charge in [-0.3, -0.25) is 25.0 Å². The molecule has 0 aliphatic carbocycles. The first kappa shape index (κ1) is 21.3. The molecular formula is C21H11Cl2N3O6. The van der Waals surface area contributed by atoms with E-state index in [1.807, 2.05) is 0 Å². The topological polar surface area (TPSA) is 123 Å². The minimum absolute atomic E-state index is 0.0577. The number of hydrogen-bond donors (Lipinski definition) is 1. The van der Waals surface area contributed by atoms with Gasteiger partial charge in [0.1, 0.15) is 17.1 Å². The van der Waals surface area contributed by atoms with Crippen molar-refractivity contribution in [1.82, 2.24) is 5.32 Å². The number of non-ortho nitro benzene ring substituents is 1. The molecule has 4 amide bonds. The molecule has 9 nitrogen and oxygen atoms in total. The van der Waals surface area contributed by atoms with Crippen molar-refractivity contribution in [2.45, 2.75) is 0 Å². The molecule has 160 valence electrons. The second-order valence-corrected chi connectivity index (χ2v) is 7.40. The van der Waals surface area contributed by atoms with Gasteiger partial charge in [-0.25, -0.2) is 9.69 Å². The second kappa shape index (κ2) is 8.29. The van der Waals surface area contributed by atoms with E-state index < -0.39 is 22.8 Å². The summed E-state index contributed by atoms with van der Waals surface area (Å²) in [5, 5.41) is 13.7. The third-order valence-electron chi connectivity index (χ3n) is 4.53. The summed E-state index contributed by atoms with van der Waals surface area (Å²) in [5.41, 5.74) is 0.00237. The number of barbiturate groups is 1. The van der Waals surface area contributed by atoms with Crippen molar-refractivity contribution >= 4 is 58.5 Å². The largest absolute Gasteiger partial charge is 0.457 e. The molecule has 2 heterocycles. The lowest BCUT2D eigenvalue weighted by Crippen LogP contribution is -2.54. The average Bonchev–Trinajstić information content (AvgIpc) is 3.21. The van der Waals surface area contributed by atoms with Gasteiger partial charge in [-0.15, -0.1) is 0 Å². The number of amides is 4. The molecule has 1 N–H and O–H groups in total. The fourth-order valence-corrected chi connectivity index (χ4v) is 3.40. The van der Waals surface area contributed by atoms with Gasteiger partial charge in [0.15, 0.2) is 0 Å². The summed E-state index contributed by atoms with van der Waals surface area (Å²) >= 11 is 12.2. The molecule has 11 heteroatoms. The maximum Gasteiger partial charge on any atom is 0.335 e. The quantitative estimate of drug-likeness (QED) is 0.251. The zero-order valence-corrected chi connectivity index (χ0v) is 17.4. The Morgan fingerprint density at radius 2 is 1.72 bits per heavy atom. The highest BCUT2D eigenvalue weighted by molar-refractivity contribution is 6.39. The molecule has 0 bridgehead atoms. The Morgan fingerprint density at radius 3 is 2.41 bits per heavy atom. The number of anilines is 1. The molecule has 1 saturated heterocycles. The molecule has 0 spiro atoms. The molecule has 1 aliphatic rings. The fraction of sp³-hybridized carbons (Fsp3) is 0. The van der Waals surface area contributed by atoms with Gasteiger partial charge in [0, 0.05) is 22.7 Å². The van der Waals surface area contributed by atoms with E-state index in [0.29, 0.717) is 26.3 Å². The fourth-order valence-electron chi connectivity index (χ4n) is 3.02. The van der Waals surface area contributed by atoms with E-state index >= 15 is 0 Å². The van der Waals surface area contributed by atoms with Crippen LogP contribution in [0.15, 0.2) is 64.6 Å². The van der Waals surface area contributed by atoms with Crippen molar-refractivity contribution < 1.29 is 23.7 Å². The third-order valence-corrected chi connectivity index (χ3v) is 5.09. The number of nitrogens with one attached hydrogen (secondary N) is 1. The molecule has 1 aliphatic heterocycles. The van der Waals surface area contributed by atoms with Crippen molar-refractivity contribution in [3.63, 3.8) is 0 Å². The molecule has 1 fully saturated rings. The van der Waals surface area contributed by atoms with E-state index in [4.69, 9.17) is 27.6 Å². The Balaban J connectivity index is 1.67. The van der Waals surface area contributed by atoms with Crippen LogP contribution in [0.2, 0.25) is 10.0 Å². The number of urea groups is 1. The summed E-state index contributed by atoms with van der Waals surface area (Å²) in [6.45, 7) is 0. The molecule has 0 atom stereocenters. The van der Waals surface area contributed by atoms with E-state index in [0.717, 1.165) is 12.1 Å². The molecule has 32 heavy (non-hydrogen) atoms. The standard InChI is InChI=1S/C21H11Cl2N3O6/c22-11-1-7-17(23)15(9-11)18-8-6-14(32-18)10-16-19(27)24-21(29)25(20(16)28)12-2-4-13(5-3-12)26(30)31/h1-10H,(H,24,27,29)/b16-10-. The molecular weight excluding hydrogens is 461 g/mol. The van der Waals surface area contributed by atoms with Gasteiger partial charge in [-0.1, -0.05) is 23.2 Å². The molecule has 2 aromatic carbocycles. The number of benzene rings is 2. The summed E-state index contributed by atoms with van der Waals surface area (Å²) in [5.74, 6) is -1.30. The summed E-state index contributed by atoms with van der Waals surface area (Å²) in [7, 11) is 0. The summed E-state index contributed by atoms with van der Waals surface area (Å²) in [6.07, 6.45) is 1.18. The van der Waals surface area contributed by atoms with Gasteiger partial charge in [0.25, 0.3) is 17.5 Å². The molecule has 1 aromatic heterocycles. The molecule has 4 rings (SSSR count). The van der Waals surface area contributed by atoms with E-state index in [1.54, 1.807) is 24.3 Å². The van der Waals surface area contributed by atoms with Gasteiger partial charge >= 0.3 is 6.03 Å². The number of hydrogen-bond acceptors (Lipinski definition) is 6. The number of rotatable bonds is 4. The maximum absolute atomic E-state index is 12.9. The maximum atomic E-state index is 12.9. The summed E-state index contributed by atoms with van der Waals surface area (Å²) < 4.78 is 5.68. The highest BCUT2D eigenvalue weighted by atomic mass is 35.5. The number of carbonyl (C=O) groups is 3. The number of carbonyl (C=O) groups excluding carboxylic acids is 3. The normalized spacial score (nSPS) is 15.2. The highest BCUT2D eigenvalue weighted by Gasteiger charge is 2.37. The van der Waals surface area contributed by atoms with E-state index in [2.05, 4.69) is 5.32 Å². The monoisotopic (exact) mass is 471 g/mol. The Labute approximate surface area is 190 Å². The highest BCUT2D eigenvalue weighted by Crippen LogP contribution is 2.32. The van der Waals surface area contributed by atoms with Crippen molar-refractivity contribution in [3.8, 4) is 11.3 Å². The zero-order valence-electron chi connectivity index (χ0n) is 15.9. The van der Waals surface area contributed by atoms with Crippen molar-refractivity contribution in [2.75, 3.05) is 4.90 Å². The van der Waals surface area contributed by atoms with Gasteiger partial charge < -0.3 is 4.42 Å².